The molecule has 2 amide bonds. The molecule has 5 rings (SSSR count). The first-order valence-electron chi connectivity index (χ1n) is 12.1. The molecule has 1 aromatic heterocycles. The van der Waals surface area contributed by atoms with Gasteiger partial charge in [0.25, 0.3) is 5.91 Å². The highest BCUT2D eigenvalue weighted by Crippen LogP contribution is 2.31. The van der Waals surface area contributed by atoms with E-state index in [-0.39, 0.29) is 12.5 Å². The van der Waals surface area contributed by atoms with E-state index in [1.807, 2.05) is 43.3 Å². The third kappa shape index (κ3) is 5.86. The van der Waals surface area contributed by atoms with Crippen LogP contribution in [0.3, 0.4) is 0 Å². The number of benzene rings is 4. The number of primary amides is 1. The number of fused-ring (bicyclic) bond motifs is 1. The molecule has 9 heteroatoms. The van der Waals surface area contributed by atoms with E-state index in [2.05, 4.69) is 5.32 Å². The fourth-order valence-corrected chi connectivity index (χ4v) is 4.56. The number of amides is 2. The summed E-state index contributed by atoms with van der Waals surface area (Å²) in [6.45, 7) is 1.86. The van der Waals surface area contributed by atoms with E-state index < -0.39 is 5.91 Å². The molecule has 196 valence electrons. The second-order valence-corrected chi connectivity index (χ2v) is 9.40. The number of imidazole rings is 1. The van der Waals surface area contributed by atoms with Gasteiger partial charge in [0.05, 0.1) is 18.1 Å². The molecule has 0 fully saturated rings. The van der Waals surface area contributed by atoms with Gasteiger partial charge in [-0.15, -0.1) is 0 Å². The number of nitrogens with two attached hydrogens (primary N) is 1. The maximum atomic E-state index is 12.9. The molecule has 5 aromatic rings. The Morgan fingerprint density at radius 2 is 1.74 bits per heavy atom. The van der Waals surface area contributed by atoms with E-state index in [0.29, 0.717) is 55.9 Å². The lowest BCUT2D eigenvalue weighted by atomic mass is 10.1. The molecule has 0 atom stereocenters. The third-order valence-corrected chi connectivity index (χ3v) is 6.23. The van der Waals surface area contributed by atoms with Crippen LogP contribution >= 0.6 is 11.6 Å². The van der Waals surface area contributed by atoms with E-state index in [9.17, 15) is 9.59 Å². The van der Waals surface area contributed by atoms with E-state index in [1.54, 1.807) is 60.2 Å². The Balaban J connectivity index is 1.48. The summed E-state index contributed by atoms with van der Waals surface area (Å²) in [6, 6.07) is 25.0. The molecule has 39 heavy (non-hydrogen) atoms. The number of carbonyl (C=O) groups is 2. The van der Waals surface area contributed by atoms with Gasteiger partial charge < -0.3 is 25.1 Å². The van der Waals surface area contributed by atoms with Crippen LogP contribution in [0.4, 0.5) is 5.69 Å². The molecule has 1 heterocycles. The summed E-state index contributed by atoms with van der Waals surface area (Å²) in [5, 5.41) is 3.45. The molecular formula is C30H25ClN4O4. The number of methoxy groups -OCH3 is 1. The summed E-state index contributed by atoms with van der Waals surface area (Å²) < 4.78 is 12.9. The Labute approximate surface area is 229 Å². The fraction of sp³-hybridized carbons (Fsp3) is 0.100. The molecule has 0 unspecified atom stereocenters. The number of anilines is 1. The van der Waals surface area contributed by atoms with Crippen molar-refractivity contribution in [2.45, 2.75) is 13.5 Å². The number of rotatable bonds is 8. The number of nitrogens with zero attached hydrogens (tertiary/aromatic N) is 2. The Morgan fingerprint density at radius 1 is 0.949 bits per heavy atom. The second kappa shape index (κ2) is 10.9. The molecular weight excluding hydrogens is 516 g/mol. The van der Waals surface area contributed by atoms with Crippen LogP contribution in [0, 0.1) is 6.92 Å². The largest absolute Gasteiger partial charge is 0.497 e. The highest BCUT2D eigenvalue weighted by atomic mass is 35.5. The van der Waals surface area contributed by atoms with Crippen LogP contribution in [-0.4, -0.2) is 28.5 Å². The lowest BCUT2D eigenvalue weighted by molar-refractivity contribution is -0.118. The van der Waals surface area contributed by atoms with Gasteiger partial charge >= 0.3 is 0 Å². The molecule has 3 N–H and O–H groups in total. The van der Waals surface area contributed by atoms with Gasteiger partial charge in [-0.2, -0.15) is 0 Å². The first-order valence-corrected chi connectivity index (χ1v) is 12.5. The van der Waals surface area contributed by atoms with Gasteiger partial charge in [0.1, 0.15) is 29.6 Å². The Morgan fingerprint density at radius 3 is 2.46 bits per heavy atom. The smallest absolute Gasteiger partial charge is 0.255 e. The lowest BCUT2D eigenvalue weighted by Gasteiger charge is -2.10. The van der Waals surface area contributed by atoms with Gasteiger partial charge in [-0.05, 0) is 85.3 Å². The SMILES string of the molecule is COc1ccc(NC(=O)c2ccc3c(c2)nc(-c2cccc(Oc4cc(C)cc(Cl)c4)c2)n3CC(N)=O)cc1. The predicted molar refractivity (Wildman–Crippen MR) is 152 cm³/mol. The molecule has 0 saturated carbocycles. The van der Waals surface area contributed by atoms with E-state index in [1.165, 1.54) is 0 Å². The normalized spacial score (nSPS) is 10.8. The molecule has 0 bridgehead atoms. The zero-order valence-corrected chi connectivity index (χ0v) is 22.0. The van der Waals surface area contributed by atoms with E-state index in [0.717, 1.165) is 5.56 Å². The number of aromatic nitrogens is 2. The molecule has 0 aliphatic heterocycles. The molecule has 4 aromatic carbocycles. The third-order valence-electron chi connectivity index (χ3n) is 6.02. The van der Waals surface area contributed by atoms with Crippen LogP contribution < -0.4 is 20.5 Å². The Bertz CT molecular complexity index is 1680. The van der Waals surface area contributed by atoms with Gasteiger partial charge in [0, 0.05) is 21.8 Å². The summed E-state index contributed by atoms with van der Waals surface area (Å²) in [5.41, 5.74) is 9.53. The first kappa shape index (κ1) is 25.8. The topological polar surface area (TPSA) is 108 Å². The minimum atomic E-state index is -0.515. The van der Waals surface area contributed by atoms with Gasteiger partial charge in [-0.3, -0.25) is 9.59 Å². The number of ether oxygens (including phenoxy) is 2. The first-order chi connectivity index (χ1) is 18.8. The maximum absolute atomic E-state index is 12.9. The molecule has 0 spiro atoms. The summed E-state index contributed by atoms with van der Waals surface area (Å²) in [4.78, 5) is 29.7. The zero-order chi connectivity index (χ0) is 27.5. The van der Waals surface area contributed by atoms with Crippen molar-refractivity contribution in [2.75, 3.05) is 12.4 Å². The van der Waals surface area contributed by atoms with Crippen LogP contribution in [0.15, 0.2) is 84.9 Å². The van der Waals surface area contributed by atoms with Crippen molar-refractivity contribution < 1.29 is 19.1 Å². The van der Waals surface area contributed by atoms with E-state index in [4.69, 9.17) is 31.8 Å². The van der Waals surface area contributed by atoms with Crippen LogP contribution in [0.2, 0.25) is 5.02 Å². The quantitative estimate of drug-likeness (QED) is 0.243. The van der Waals surface area contributed by atoms with Crippen molar-refractivity contribution in [3.63, 3.8) is 0 Å². The minimum Gasteiger partial charge on any atom is -0.497 e. The number of aryl methyl sites for hydroxylation is 1. The summed E-state index contributed by atoms with van der Waals surface area (Å²) in [6.07, 6.45) is 0. The van der Waals surface area contributed by atoms with Gasteiger partial charge in [-0.25, -0.2) is 4.98 Å². The van der Waals surface area contributed by atoms with E-state index >= 15 is 0 Å². The van der Waals surface area contributed by atoms with Crippen LogP contribution in [0.1, 0.15) is 15.9 Å². The monoisotopic (exact) mass is 540 g/mol. The van der Waals surface area contributed by atoms with Crippen LogP contribution in [0.25, 0.3) is 22.4 Å². The number of hydrogen-bond acceptors (Lipinski definition) is 5. The van der Waals surface area contributed by atoms with Crippen molar-refractivity contribution in [1.29, 1.82) is 0 Å². The van der Waals surface area contributed by atoms with Gasteiger partial charge in [0.15, 0.2) is 0 Å². The van der Waals surface area contributed by atoms with Gasteiger partial charge in [0.2, 0.25) is 5.91 Å². The molecule has 8 nitrogen and oxygen atoms in total. The average molecular weight is 541 g/mol. The fourth-order valence-electron chi connectivity index (χ4n) is 4.28. The Hall–Kier alpha value is -4.82. The Kier molecular flexibility index (Phi) is 7.21. The summed E-state index contributed by atoms with van der Waals surface area (Å²) >= 11 is 6.18. The van der Waals surface area contributed by atoms with Crippen molar-refractivity contribution in [3.8, 4) is 28.6 Å². The molecule has 0 aliphatic carbocycles. The van der Waals surface area contributed by atoms with Crippen LogP contribution in [0.5, 0.6) is 17.2 Å². The lowest BCUT2D eigenvalue weighted by Crippen LogP contribution is -2.19. The number of halogens is 1. The maximum Gasteiger partial charge on any atom is 0.255 e. The number of nitrogens with one attached hydrogen (secondary N) is 1. The molecule has 0 radical (unpaired) electrons. The van der Waals surface area contributed by atoms with Crippen molar-refractivity contribution in [1.82, 2.24) is 9.55 Å². The number of hydrogen-bond donors (Lipinski definition) is 2. The standard InChI is InChI=1S/C30H25ClN4O4/c1-18-12-21(31)16-25(13-18)39-24-5-3-4-19(14-24)29-34-26-15-20(6-11-27(26)35(29)17-28(32)36)30(37)33-22-7-9-23(38-2)10-8-22/h3-16H,17H2,1-2H3,(H2,32,36)(H,33,37). The minimum absolute atomic E-state index is 0.0816. The predicted octanol–water partition coefficient (Wildman–Crippen LogP) is 6.20. The molecule has 0 saturated heterocycles. The van der Waals surface area contributed by atoms with Crippen molar-refractivity contribution in [2.24, 2.45) is 5.73 Å². The highest BCUT2D eigenvalue weighted by molar-refractivity contribution is 6.30. The zero-order valence-electron chi connectivity index (χ0n) is 21.3. The molecule has 0 aliphatic rings. The summed E-state index contributed by atoms with van der Waals surface area (Å²) in [5.74, 6) is 1.59. The van der Waals surface area contributed by atoms with Crippen LogP contribution in [-0.2, 0) is 11.3 Å². The average Bonchev–Trinajstić information content (AvgIpc) is 3.25. The van der Waals surface area contributed by atoms with Gasteiger partial charge in [-0.1, -0.05) is 23.7 Å². The summed E-state index contributed by atoms with van der Waals surface area (Å²) in [7, 11) is 1.58. The van der Waals surface area contributed by atoms with Crippen molar-refractivity contribution in [3.05, 3.63) is 101 Å². The van der Waals surface area contributed by atoms with Crippen molar-refractivity contribution >= 4 is 40.1 Å². The second-order valence-electron chi connectivity index (χ2n) is 8.97. The highest BCUT2D eigenvalue weighted by Gasteiger charge is 2.17. The number of carbonyl (C=O) groups excluding carboxylic acids is 2.